The highest BCUT2D eigenvalue weighted by molar-refractivity contribution is 5.86. The van der Waals surface area contributed by atoms with Crippen LogP contribution in [-0.4, -0.2) is 78.4 Å². The van der Waals surface area contributed by atoms with Gasteiger partial charge in [-0.2, -0.15) is 0 Å². The maximum atomic E-state index is 12.7. The molecule has 1 aromatic rings. The molecule has 1 fully saturated rings. The van der Waals surface area contributed by atoms with Gasteiger partial charge in [0.25, 0.3) is 5.91 Å². The molecule has 1 saturated heterocycles. The molecular formula is C20H29N3O6. The summed E-state index contributed by atoms with van der Waals surface area (Å²) in [7, 11) is 2.80. The van der Waals surface area contributed by atoms with E-state index >= 15 is 0 Å². The van der Waals surface area contributed by atoms with Crippen molar-refractivity contribution in [3.8, 4) is 0 Å². The Bertz CT molecular complexity index is 719. The SMILES string of the molecule is CON(C)C(=O)C1CN(C(=O)OC(C)(C)C)CCN1C(=O)OCc1ccccc1. The van der Waals surface area contributed by atoms with E-state index in [2.05, 4.69) is 0 Å². The van der Waals surface area contributed by atoms with Gasteiger partial charge in [0.05, 0.1) is 13.7 Å². The summed E-state index contributed by atoms with van der Waals surface area (Å²) in [5, 5.41) is 1.03. The van der Waals surface area contributed by atoms with Gasteiger partial charge in [0.2, 0.25) is 0 Å². The number of likely N-dealkylation sites (N-methyl/N-ethyl adjacent to an activating group) is 1. The summed E-state index contributed by atoms with van der Waals surface area (Å²) in [6, 6.07) is 8.32. The first-order chi connectivity index (χ1) is 13.6. The molecule has 1 atom stereocenters. The van der Waals surface area contributed by atoms with Gasteiger partial charge in [-0.1, -0.05) is 30.3 Å². The second-order valence-corrected chi connectivity index (χ2v) is 7.69. The van der Waals surface area contributed by atoms with E-state index in [9.17, 15) is 14.4 Å². The molecule has 0 N–H and O–H groups in total. The van der Waals surface area contributed by atoms with E-state index in [-0.39, 0.29) is 26.2 Å². The third-order valence-electron chi connectivity index (χ3n) is 4.34. The van der Waals surface area contributed by atoms with Gasteiger partial charge >= 0.3 is 12.2 Å². The Labute approximate surface area is 171 Å². The first kappa shape index (κ1) is 22.5. The minimum Gasteiger partial charge on any atom is -0.445 e. The van der Waals surface area contributed by atoms with Crippen molar-refractivity contribution in [2.45, 2.75) is 39.0 Å². The molecule has 9 heteroatoms. The van der Waals surface area contributed by atoms with Crippen molar-refractivity contribution in [3.05, 3.63) is 35.9 Å². The normalized spacial score (nSPS) is 16.9. The van der Waals surface area contributed by atoms with Gasteiger partial charge in [-0.3, -0.25) is 14.5 Å². The van der Waals surface area contributed by atoms with Gasteiger partial charge < -0.3 is 14.4 Å². The Kier molecular flexibility index (Phi) is 7.44. The van der Waals surface area contributed by atoms with E-state index in [0.717, 1.165) is 10.6 Å². The quantitative estimate of drug-likeness (QED) is 0.712. The molecule has 3 amide bonds. The number of ether oxygens (including phenoxy) is 2. The molecule has 1 unspecified atom stereocenters. The molecule has 1 aromatic carbocycles. The maximum Gasteiger partial charge on any atom is 0.410 e. The van der Waals surface area contributed by atoms with Crippen molar-refractivity contribution in [2.24, 2.45) is 0 Å². The zero-order valence-electron chi connectivity index (χ0n) is 17.6. The zero-order chi connectivity index (χ0) is 21.6. The molecule has 0 saturated carbocycles. The highest BCUT2D eigenvalue weighted by Crippen LogP contribution is 2.18. The lowest BCUT2D eigenvalue weighted by Gasteiger charge is -2.40. The lowest BCUT2D eigenvalue weighted by atomic mass is 10.1. The number of amides is 3. The van der Waals surface area contributed by atoms with E-state index < -0.39 is 29.7 Å². The Morgan fingerprint density at radius 3 is 2.34 bits per heavy atom. The predicted molar refractivity (Wildman–Crippen MR) is 105 cm³/mol. The van der Waals surface area contributed by atoms with Gasteiger partial charge in [-0.05, 0) is 26.3 Å². The molecule has 1 aliphatic rings. The van der Waals surface area contributed by atoms with Crippen LogP contribution in [0.4, 0.5) is 9.59 Å². The number of hydrogen-bond donors (Lipinski definition) is 0. The Balaban J connectivity index is 2.10. The summed E-state index contributed by atoms with van der Waals surface area (Å²) in [6.45, 7) is 5.75. The monoisotopic (exact) mass is 407 g/mol. The molecule has 2 rings (SSSR count). The van der Waals surface area contributed by atoms with Crippen LogP contribution in [-0.2, 0) is 25.7 Å². The Morgan fingerprint density at radius 1 is 1.10 bits per heavy atom. The molecule has 0 bridgehead atoms. The van der Waals surface area contributed by atoms with Gasteiger partial charge in [0.1, 0.15) is 18.2 Å². The van der Waals surface area contributed by atoms with Crippen LogP contribution in [0.5, 0.6) is 0 Å². The van der Waals surface area contributed by atoms with E-state index in [0.29, 0.717) is 0 Å². The lowest BCUT2D eigenvalue weighted by molar-refractivity contribution is -0.175. The van der Waals surface area contributed by atoms with Crippen LogP contribution in [0.15, 0.2) is 30.3 Å². The summed E-state index contributed by atoms with van der Waals surface area (Å²) in [5.74, 6) is -0.461. The third kappa shape index (κ3) is 6.35. The number of nitrogens with zero attached hydrogens (tertiary/aromatic N) is 3. The number of carbonyl (C=O) groups excluding carboxylic acids is 3. The van der Waals surface area contributed by atoms with Crippen LogP contribution in [0.2, 0.25) is 0 Å². The lowest BCUT2D eigenvalue weighted by Crippen LogP contribution is -2.62. The molecular weight excluding hydrogens is 378 g/mol. The van der Waals surface area contributed by atoms with Crippen LogP contribution in [0, 0.1) is 0 Å². The first-order valence-electron chi connectivity index (χ1n) is 9.39. The fraction of sp³-hybridized carbons (Fsp3) is 0.550. The van der Waals surface area contributed by atoms with Crippen LogP contribution < -0.4 is 0 Å². The maximum absolute atomic E-state index is 12.7. The molecule has 0 radical (unpaired) electrons. The number of piperazine rings is 1. The van der Waals surface area contributed by atoms with Gasteiger partial charge in [-0.15, -0.1) is 0 Å². The van der Waals surface area contributed by atoms with E-state index in [1.807, 2.05) is 30.3 Å². The molecule has 0 aliphatic carbocycles. The summed E-state index contributed by atoms with van der Waals surface area (Å²) in [4.78, 5) is 45.5. The highest BCUT2D eigenvalue weighted by atomic mass is 16.7. The van der Waals surface area contributed by atoms with Crippen molar-refractivity contribution < 1.29 is 28.7 Å². The van der Waals surface area contributed by atoms with E-state index in [1.165, 1.54) is 24.0 Å². The minimum atomic E-state index is -0.940. The van der Waals surface area contributed by atoms with Crippen molar-refractivity contribution >= 4 is 18.1 Å². The molecule has 1 heterocycles. The van der Waals surface area contributed by atoms with Crippen molar-refractivity contribution in [3.63, 3.8) is 0 Å². The summed E-state index contributed by atoms with van der Waals surface area (Å²) in [5.41, 5.74) is 0.177. The number of hydroxylamine groups is 2. The van der Waals surface area contributed by atoms with Gasteiger partial charge in [0.15, 0.2) is 0 Å². The molecule has 0 spiro atoms. The molecule has 29 heavy (non-hydrogen) atoms. The fourth-order valence-electron chi connectivity index (χ4n) is 2.81. The largest absolute Gasteiger partial charge is 0.445 e. The van der Waals surface area contributed by atoms with E-state index in [4.69, 9.17) is 14.3 Å². The average molecular weight is 407 g/mol. The van der Waals surface area contributed by atoms with Crippen LogP contribution in [0.1, 0.15) is 26.3 Å². The number of hydrogen-bond acceptors (Lipinski definition) is 6. The smallest absolute Gasteiger partial charge is 0.410 e. The van der Waals surface area contributed by atoms with E-state index in [1.54, 1.807) is 20.8 Å². The first-order valence-corrected chi connectivity index (χ1v) is 9.39. The number of rotatable bonds is 4. The number of benzene rings is 1. The number of carbonyl (C=O) groups is 3. The van der Waals surface area contributed by atoms with Gasteiger partial charge in [0, 0.05) is 20.1 Å². The van der Waals surface area contributed by atoms with Crippen LogP contribution in [0.25, 0.3) is 0 Å². The van der Waals surface area contributed by atoms with Crippen molar-refractivity contribution in [2.75, 3.05) is 33.8 Å². The third-order valence-corrected chi connectivity index (χ3v) is 4.34. The standard InChI is InChI=1S/C20H29N3O6/c1-20(2,3)29-18(25)22-11-12-23(16(13-22)17(24)21(4)27-5)19(26)28-14-15-9-7-6-8-10-15/h6-10,16H,11-14H2,1-5H3. The van der Waals surface area contributed by atoms with Crippen molar-refractivity contribution in [1.29, 1.82) is 0 Å². The molecule has 160 valence electrons. The van der Waals surface area contributed by atoms with Gasteiger partial charge in [-0.25, -0.2) is 14.7 Å². The zero-order valence-corrected chi connectivity index (χ0v) is 17.6. The highest BCUT2D eigenvalue weighted by Gasteiger charge is 2.40. The minimum absolute atomic E-state index is 0.0120. The molecule has 0 aromatic heterocycles. The Morgan fingerprint density at radius 2 is 1.76 bits per heavy atom. The summed E-state index contributed by atoms with van der Waals surface area (Å²) < 4.78 is 10.8. The second-order valence-electron chi connectivity index (χ2n) is 7.69. The Hall–Kier alpha value is -2.81. The predicted octanol–water partition coefficient (Wildman–Crippen LogP) is 2.26. The van der Waals surface area contributed by atoms with Crippen LogP contribution in [0.3, 0.4) is 0 Å². The molecule has 9 nitrogen and oxygen atoms in total. The fourth-order valence-corrected chi connectivity index (χ4v) is 2.81. The van der Waals surface area contributed by atoms with Crippen molar-refractivity contribution in [1.82, 2.24) is 14.9 Å². The summed E-state index contributed by atoms with van der Waals surface area (Å²) >= 11 is 0. The molecule has 1 aliphatic heterocycles. The average Bonchev–Trinajstić information content (AvgIpc) is 2.69. The summed E-state index contributed by atoms with van der Waals surface area (Å²) in [6.07, 6.45) is -1.16. The topological polar surface area (TPSA) is 88.6 Å². The van der Waals surface area contributed by atoms with Crippen LogP contribution >= 0.6 is 0 Å². The second kappa shape index (κ2) is 9.60.